The van der Waals surface area contributed by atoms with Gasteiger partial charge in [-0.05, 0) is 18.9 Å². The zero-order valence-corrected chi connectivity index (χ0v) is 11.3. The number of hydrogen-bond donors (Lipinski definition) is 1. The molecule has 1 heterocycles. The normalized spacial score (nSPS) is 22.6. The van der Waals surface area contributed by atoms with Gasteiger partial charge >= 0.3 is 0 Å². The van der Waals surface area contributed by atoms with Crippen molar-refractivity contribution in [2.75, 3.05) is 6.61 Å². The van der Waals surface area contributed by atoms with E-state index in [4.69, 9.17) is 4.74 Å². The monoisotopic (exact) mass is 261 g/mol. The minimum absolute atomic E-state index is 0.0434. The summed E-state index contributed by atoms with van der Waals surface area (Å²) in [5, 5.41) is 2.79. The predicted octanol–water partition coefficient (Wildman–Crippen LogP) is 1.48. The van der Waals surface area contributed by atoms with Crippen molar-refractivity contribution in [3.63, 3.8) is 0 Å². The first-order valence-electron chi connectivity index (χ1n) is 6.57. The van der Waals surface area contributed by atoms with Gasteiger partial charge in [0.25, 0.3) is 0 Å². The molecule has 2 rings (SSSR count). The fourth-order valence-electron chi connectivity index (χ4n) is 1.97. The summed E-state index contributed by atoms with van der Waals surface area (Å²) in [5.41, 5.74) is 0.321. The van der Waals surface area contributed by atoms with Gasteiger partial charge in [0.15, 0.2) is 5.78 Å². The number of carbonyl (C=O) groups is 2. The van der Waals surface area contributed by atoms with E-state index in [2.05, 4.69) is 5.32 Å². The van der Waals surface area contributed by atoms with E-state index < -0.39 is 11.6 Å². The van der Waals surface area contributed by atoms with E-state index in [-0.39, 0.29) is 11.7 Å². The van der Waals surface area contributed by atoms with E-state index in [9.17, 15) is 9.59 Å². The summed E-state index contributed by atoms with van der Waals surface area (Å²) in [6.45, 7) is 3.99. The molecule has 0 aliphatic carbocycles. The molecule has 19 heavy (non-hydrogen) atoms. The highest BCUT2D eigenvalue weighted by molar-refractivity contribution is 5.96. The molecule has 0 radical (unpaired) electrons. The van der Waals surface area contributed by atoms with Gasteiger partial charge in [-0.15, -0.1) is 0 Å². The van der Waals surface area contributed by atoms with Crippen LogP contribution in [0.15, 0.2) is 30.3 Å². The summed E-state index contributed by atoms with van der Waals surface area (Å²) < 4.78 is 5.19. The van der Waals surface area contributed by atoms with Crippen LogP contribution in [0.5, 0.6) is 0 Å². The van der Waals surface area contributed by atoms with Gasteiger partial charge in [0, 0.05) is 6.42 Å². The Morgan fingerprint density at radius 3 is 2.53 bits per heavy atom. The van der Waals surface area contributed by atoms with Crippen LogP contribution in [0.1, 0.15) is 25.8 Å². The molecule has 1 N–H and O–H groups in total. The lowest BCUT2D eigenvalue weighted by Crippen LogP contribution is -2.47. The number of rotatable bonds is 6. The number of carbonyl (C=O) groups excluding carboxylic acids is 2. The highest BCUT2D eigenvalue weighted by atomic mass is 16.6. The van der Waals surface area contributed by atoms with Gasteiger partial charge in [0.05, 0.1) is 12.6 Å². The zero-order valence-electron chi connectivity index (χ0n) is 11.3. The fraction of sp³-hybridized carbons (Fsp3) is 0.467. The van der Waals surface area contributed by atoms with Gasteiger partial charge < -0.3 is 10.1 Å². The fourth-order valence-corrected chi connectivity index (χ4v) is 1.97. The van der Waals surface area contributed by atoms with Crippen LogP contribution in [-0.2, 0) is 20.7 Å². The summed E-state index contributed by atoms with van der Waals surface area (Å²) in [6, 6.07) is 9.17. The van der Waals surface area contributed by atoms with Gasteiger partial charge in [-0.2, -0.15) is 0 Å². The van der Waals surface area contributed by atoms with E-state index in [0.717, 1.165) is 5.56 Å². The third kappa shape index (κ3) is 3.41. The van der Waals surface area contributed by atoms with Crippen LogP contribution >= 0.6 is 0 Å². The first kappa shape index (κ1) is 13.7. The van der Waals surface area contributed by atoms with Gasteiger partial charge in [-0.25, -0.2) is 0 Å². The van der Waals surface area contributed by atoms with E-state index in [0.29, 0.717) is 19.4 Å². The van der Waals surface area contributed by atoms with Gasteiger partial charge in [0.2, 0.25) is 5.91 Å². The molecule has 1 aliphatic heterocycles. The summed E-state index contributed by atoms with van der Waals surface area (Å²) in [6.07, 6.45) is 0.876. The quantitative estimate of drug-likeness (QED) is 0.789. The summed E-state index contributed by atoms with van der Waals surface area (Å²) in [7, 11) is 0. The second kappa shape index (κ2) is 5.53. The Hall–Kier alpha value is -1.68. The number of ketones is 1. The molecule has 1 aromatic carbocycles. The Labute approximate surface area is 113 Å². The van der Waals surface area contributed by atoms with Crippen LogP contribution in [0, 0.1) is 0 Å². The highest BCUT2D eigenvalue weighted by Crippen LogP contribution is 2.29. The molecule has 4 heteroatoms. The second-order valence-corrected chi connectivity index (χ2v) is 5.05. The minimum Gasteiger partial charge on any atom is -0.361 e. The van der Waals surface area contributed by atoms with Crippen LogP contribution in [0.25, 0.3) is 0 Å². The topological polar surface area (TPSA) is 58.7 Å². The number of hydrogen-bond acceptors (Lipinski definition) is 3. The smallest absolute Gasteiger partial charge is 0.220 e. The van der Waals surface area contributed by atoms with Crippen molar-refractivity contribution in [3.05, 3.63) is 35.9 Å². The average molecular weight is 261 g/mol. The molecule has 2 atom stereocenters. The molecule has 0 saturated carbocycles. The maximum Gasteiger partial charge on any atom is 0.220 e. The maximum atomic E-state index is 12.3. The number of Topliss-reactive ketones (excluding diaryl/α,β-unsaturated/α-hetero) is 1. The summed E-state index contributed by atoms with van der Waals surface area (Å²) in [4.78, 5) is 23.9. The molecule has 0 spiro atoms. The number of benzene rings is 1. The van der Waals surface area contributed by atoms with Crippen molar-refractivity contribution in [1.82, 2.24) is 5.32 Å². The first-order valence-corrected chi connectivity index (χ1v) is 6.57. The number of epoxide rings is 1. The Balaban J connectivity index is 2.10. The average Bonchev–Trinajstić information content (AvgIpc) is 3.17. The number of nitrogens with one attached hydrogen (secondary N) is 1. The molecule has 1 saturated heterocycles. The second-order valence-electron chi connectivity index (χ2n) is 5.05. The summed E-state index contributed by atoms with van der Waals surface area (Å²) in [5.74, 6) is -0.156. The van der Waals surface area contributed by atoms with Crippen LogP contribution in [0.3, 0.4) is 0 Å². The van der Waals surface area contributed by atoms with E-state index in [1.165, 1.54) is 0 Å². The number of amides is 1. The Morgan fingerprint density at radius 2 is 2.00 bits per heavy atom. The van der Waals surface area contributed by atoms with Crippen molar-refractivity contribution < 1.29 is 14.3 Å². The van der Waals surface area contributed by atoms with E-state index in [1.54, 1.807) is 13.8 Å². The lowest BCUT2D eigenvalue weighted by Gasteiger charge is -2.19. The van der Waals surface area contributed by atoms with Gasteiger partial charge in [0.1, 0.15) is 5.60 Å². The van der Waals surface area contributed by atoms with Crippen LogP contribution in [0.4, 0.5) is 0 Å². The molecule has 102 valence electrons. The van der Waals surface area contributed by atoms with Crippen molar-refractivity contribution >= 4 is 11.7 Å². The molecule has 4 nitrogen and oxygen atoms in total. The van der Waals surface area contributed by atoms with Crippen molar-refractivity contribution in [1.29, 1.82) is 0 Å². The van der Waals surface area contributed by atoms with Crippen LogP contribution in [0.2, 0.25) is 0 Å². The molecule has 0 unspecified atom stereocenters. The first-order chi connectivity index (χ1) is 9.05. The van der Waals surface area contributed by atoms with Gasteiger partial charge in [-0.1, -0.05) is 37.3 Å². The van der Waals surface area contributed by atoms with Crippen molar-refractivity contribution in [3.8, 4) is 0 Å². The lowest BCUT2D eigenvalue weighted by molar-refractivity contribution is -0.130. The number of ether oxygens (including phenoxy) is 1. The van der Waals surface area contributed by atoms with Crippen molar-refractivity contribution in [2.45, 2.75) is 38.3 Å². The van der Waals surface area contributed by atoms with E-state index >= 15 is 0 Å². The summed E-state index contributed by atoms with van der Waals surface area (Å²) >= 11 is 0. The molecule has 1 fully saturated rings. The molecular formula is C15H19NO3. The Morgan fingerprint density at radius 1 is 1.37 bits per heavy atom. The van der Waals surface area contributed by atoms with Crippen LogP contribution in [-0.4, -0.2) is 29.9 Å². The molecule has 0 bridgehead atoms. The Bertz CT molecular complexity index is 466. The molecular weight excluding hydrogens is 242 g/mol. The molecule has 1 aromatic rings. The van der Waals surface area contributed by atoms with Crippen molar-refractivity contribution in [2.24, 2.45) is 0 Å². The molecule has 1 amide bonds. The van der Waals surface area contributed by atoms with Gasteiger partial charge in [-0.3, -0.25) is 9.59 Å². The minimum atomic E-state index is -0.708. The molecule has 1 aliphatic rings. The lowest BCUT2D eigenvalue weighted by atomic mass is 9.95. The maximum absolute atomic E-state index is 12.3. The standard InChI is InChI=1S/C15H19NO3/c1-3-13(17)16-12(14(18)15(2)10-19-15)9-11-7-5-4-6-8-11/h4-8,12H,3,9-10H2,1-2H3,(H,16,17)/t12-,15+/m0/s1. The predicted molar refractivity (Wildman–Crippen MR) is 71.7 cm³/mol. The third-order valence-electron chi connectivity index (χ3n) is 3.35. The highest BCUT2D eigenvalue weighted by Gasteiger charge is 2.49. The molecule has 0 aromatic heterocycles. The Kier molecular flexibility index (Phi) is 4.00. The zero-order chi connectivity index (χ0) is 13.9. The van der Waals surface area contributed by atoms with Crippen LogP contribution < -0.4 is 5.32 Å². The SMILES string of the molecule is CCC(=O)N[C@@H](Cc1ccccc1)C(=O)[C@@]1(C)CO1. The third-order valence-corrected chi connectivity index (χ3v) is 3.35. The van der Waals surface area contributed by atoms with E-state index in [1.807, 2.05) is 30.3 Å². The largest absolute Gasteiger partial charge is 0.361 e.